The van der Waals surface area contributed by atoms with Crippen LogP contribution in [0.1, 0.15) is 25.8 Å². The normalized spacial score (nSPS) is 11.9. The summed E-state index contributed by atoms with van der Waals surface area (Å²) >= 11 is 0. The van der Waals surface area contributed by atoms with E-state index >= 15 is 0 Å². The Hall–Kier alpha value is -1.38. The van der Waals surface area contributed by atoms with Gasteiger partial charge in [-0.15, -0.1) is 0 Å². The van der Waals surface area contributed by atoms with Gasteiger partial charge in [0.2, 0.25) is 0 Å². The van der Waals surface area contributed by atoms with Crippen LogP contribution < -0.4 is 5.32 Å². The van der Waals surface area contributed by atoms with Gasteiger partial charge in [-0.05, 0) is 43.1 Å². The Morgan fingerprint density at radius 2 is 1.79 bits per heavy atom. The second-order valence-electron chi connectivity index (χ2n) is 5.53. The Morgan fingerprint density at radius 1 is 1.05 bits per heavy atom. The van der Waals surface area contributed by atoms with Crippen molar-refractivity contribution >= 4 is 10.8 Å². The second-order valence-corrected chi connectivity index (χ2v) is 5.53. The Balaban J connectivity index is 1.95. The van der Waals surface area contributed by atoms with Crippen molar-refractivity contribution in [1.82, 2.24) is 5.32 Å². The van der Waals surface area contributed by atoms with Crippen LogP contribution in [0.3, 0.4) is 0 Å². The molecule has 0 aliphatic carbocycles. The maximum Gasteiger partial charge on any atom is 0.0634 e. The van der Waals surface area contributed by atoms with Gasteiger partial charge in [0.1, 0.15) is 0 Å². The van der Waals surface area contributed by atoms with Gasteiger partial charge in [0.15, 0.2) is 0 Å². The molecule has 2 heteroatoms. The molecule has 0 saturated carbocycles. The van der Waals surface area contributed by atoms with E-state index in [-0.39, 0.29) is 5.60 Å². The highest BCUT2D eigenvalue weighted by atomic mass is 16.5. The number of fused-ring (bicyclic) bond motifs is 1. The number of nitrogens with one attached hydrogen (secondary N) is 1. The van der Waals surface area contributed by atoms with Crippen LogP contribution in [-0.2, 0) is 11.3 Å². The number of methoxy groups -OCH3 is 1. The SMILES string of the molecule is COC(C)(C)CCNCc1cccc2ccccc12. The van der Waals surface area contributed by atoms with E-state index in [9.17, 15) is 0 Å². The lowest BCUT2D eigenvalue weighted by atomic mass is 10.0. The molecule has 0 aromatic heterocycles. The third-order valence-electron chi connectivity index (χ3n) is 3.65. The summed E-state index contributed by atoms with van der Waals surface area (Å²) in [5, 5.41) is 6.15. The number of ether oxygens (including phenoxy) is 1. The molecule has 2 aromatic rings. The highest BCUT2D eigenvalue weighted by Crippen LogP contribution is 2.18. The van der Waals surface area contributed by atoms with E-state index in [2.05, 4.69) is 61.6 Å². The van der Waals surface area contributed by atoms with E-state index in [1.165, 1.54) is 16.3 Å². The molecule has 0 atom stereocenters. The van der Waals surface area contributed by atoms with E-state index in [4.69, 9.17) is 4.74 Å². The molecule has 19 heavy (non-hydrogen) atoms. The fraction of sp³-hybridized carbons (Fsp3) is 0.412. The molecule has 0 fully saturated rings. The van der Waals surface area contributed by atoms with Gasteiger partial charge < -0.3 is 10.1 Å². The minimum Gasteiger partial charge on any atom is -0.379 e. The lowest BCUT2D eigenvalue weighted by molar-refractivity contribution is 0.0158. The van der Waals surface area contributed by atoms with Gasteiger partial charge in [0.25, 0.3) is 0 Å². The summed E-state index contributed by atoms with van der Waals surface area (Å²) < 4.78 is 5.42. The highest BCUT2D eigenvalue weighted by Gasteiger charge is 2.14. The van der Waals surface area contributed by atoms with Gasteiger partial charge in [-0.25, -0.2) is 0 Å². The molecule has 0 radical (unpaired) electrons. The Kier molecular flexibility index (Phi) is 4.56. The largest absolute Gasteiger partial charge is 0.379 e. The lowest BCUT2D eigenvalue weighted by Gasteiger charge is -2.22. The first-order chi connectivity index (χ1) is 9.12. The molecular formula is C17H23NO. The van der Waals surface area contributed by atoms with Crippen molar-refractivity contribution in [2.24, 2.45) is 0 Å². The van der Waals surface area contributed by atoms with Crippen molar-refractivity contribution in [2.45, 2.75) is 32.4 Å². The van der Waals surface area contributed by atoms with Gasteiger partial charge in [0.05, 0.1) is 5.60 Å². The van der Waals surface area contributed by atoms with Crippen molar-refractivity contribution in [3.05, 3.63) is 48.0 Å². The van der Waals surface area contributed by atoms with Crippen LogP contribution in [0.25, 0.3) is 10.8 Å². The zero-order valence-electron chi connectivity index (χ0n) is 12.1. The average molecular weight is 257 g/mol. The standard InChI is InChI=1S/C17H23NO/c1-17(2,19-3)11-12-18-13-15-9-6-8-14-7-4-5-10-16(14)15/h4-10,18H,11-13H2,1-3H3. The first-order valence-corrected chi connectivity index (χ1v) is 6.85. The molecule has 2 aromatic carbocycles. The van der Waals surface area contributed by atoms with E-state index in [0.717, 1.165) is 19.5 Å². The van der Waals surface area contributed by atoms with Gasteiger partial charge in [-0.3, -0.25) is 0 Å². The minimum atomic E-state index is -0.0498. The minimum absolute atomic E-state index is 0.0498. The summed E-state index contributed by atoms with van der Waals surface area (Å²) in [6.07, 6.45) is 1.01. The molecule has 0 unspecified atom stereocenters. The average Bonchev–Trinajstić information content (AvgIpc) is 2.44. The van der Waals surface area contributed by atoms with Gasteiger partial charge in [-0.1, -0.05) is 42.5 Å². The maximum atomic E-state index is 5.42. The molecule has 0 spiro atoms. The predicted molar refractivity (Wildman–Crippen MR) is 81.4 cm³/mol. The summed E-state index contributed by atoms with van der Waals surface area (Å²) in [7, 11) is 1.77. The Morgan fingerprint density at radius 3 is 2.58 bits per heavy atom. The van der Waals surface area contributed by atoms with E-state index < -0.39 is 0 Å². The maximum absolute atomic E-state index is 5.42. The van der Waals surface area contributed by atoms with Crippen LogP contribution in [0.2, 0.25) is 0 Å². The van der Waals surface area contributed by atoms with Crippen molar-refractivity contribution in [1.29, 1.82) is 0 Å². The van der Waals surface area contributed by atoms with Crippen LogP contribution in [0.15, 0.2) is 42.5 Å². The molecular weight excluding hydrogens is 234 g/mol. The van der Waals surface area contributed by atoms with Gasteiger partial charge >= 0.3 is 0 Å². The fourth-order valence-corrected chi connectivity index (χ4v) is 2.16. The molecule has 0 heterocycles. The van der Waals surface area contributed by atoms with Gasteiger partial charge in [0, 0.05) is 13.7 Å². The molecule has 0 aliphatic heterocycles. The van der Waals surface area contributed by atoms with Crippen molar-refractivity contribution < 1.29 is 4.74 Å². The second kappa shape index (κ2) is 6.18. The summed E-state index contributed by atoms with van der Waals surface area (Å²) in [6, 6.07) is 15.0. The van der Waals surface area contributed by atoms with Crippen molar-refractivity contribution in [3.63, 3.8) is 0 Å². The summed E-state index contributed by atoms with van der Waals surface area (Å²) in [5.74, 6) is 0. The predicted octanol–water partition coefficient (Wildman–Crippen LogP) is 3.74. The van der Waals surface area contributed by atoms with E-state index in [1.54, 1.807) is 7.11 Å². The van der Waals surface area contributed by atoms with E-state index in [0.29, 0.717) is 0 Å². The third-order valence-corrected chi connectivity index (χ3v) is 3.65. The van der Waals surface area contributed by atoms with Crippen LogP contribution in [0, 0.1) is 0 Å². The molecule has 0 aliphatic rings. The van der Waals surface area contributed by atoms with Crippen LogP contribution in [-0.4, -0.2) is 19.3 Å². The highest BCUT2D eigenvalue weighted by molar-refractivity contribution is 5.85. The molecule has 0 saturated heterocycles. The monoisotopic (exact) mass is 257 g/mol. The molecule has 0 bridgehead atoms. The lowest BCUT2D eigenvalue weighted by Crippen LogP contribution is -2.28. The van der Waals surface area contributed by atoms with Gasteiger partial charge in [-0.2, -0.15) is 0 Å². The molecule has 0 amide bonds. The third kappa shape index (κ3) is 3.79. The van der Waals surface area contributed by atoms with Crippen molar-refractivity contribution in [2.75, 3.05) is 13.7 Å². The summed E-state index contributed by atoms with van der Waals surface area (Å²) in [6.45, 7) is 6.10. The van der Waals surface area contributed by atoms with Crippen molar-refractivity contribution in [3.8, 4) is 0 Å². The van der Waals surface area contributed by atoms with E-state index in [1.807, 2.05) is 0 Å². The Bertz CT molecular complexity index is 528. The van der Waals surface area contributed by atoms with Crippen LogP contribution in [0.5, 0.6) is 0 Å². The zero-order valence-corrected chi connectivity index (χ0v) is 12.1. The Labute approximate surface area is 115 Å². The first kappa shape index (κ1) is 14.0. The zero-order chi connectivity index (χ0) is 13.7. The fourth-order valence-electron chi connectivity index (χ4n) is 2.16. The first-order valence-electron chi connectivity index (χ1n) is 6.85. The number of benzene rings is 2. The molecule has 102 valence electrons. The molecule has 2 nitrogen and oxygen atoms in total. The quantitative estimate of drug-likeness (QED) is 0.796. The number of rotatable bonds is 6. The summed E-state index contributed by atoms with van der Waals surface area (Å²) in [4.78, 5) is 0. The number of hydrogen-bond acceptors (Lipinski definition) is 2. The smallest absolute Gasteiger partial charge is 0.0634 e. The van der Waals surface area contributed by atoms with Crippen LogP contribution >= 0.6 is 0 Å². The van der Waals surface area contributed by atoms with Crippen LogP contribution in [0.4, 0.5) is 0 Å². The topological polar surface area (TPSA) is 21.3 Å². The summed E-state index contributed by atoms with van der Waals surface area (Å²) in [5.41, 5.74) is 1.31. The molecule has 2 rings (SSSR count). The number of hydrogen-bond donors (Lipinski definition) is 1. The molecule has 1 N–H and O–H groups in total.